The lowest BCUT2D eigenvalue weighted by atomic mass is 10.1. The first-order chi connectivity index (χ1) is 13.7. The van der Waals surface area contributed by atoms with Crippen molar-refractivity contribution in [2.45, 2.75) is 51.3 Å². The zero-order valence-electron chi connectivity index (χ0n) is 16.7. The summed E-state index contributed by atoms with van der Waals surface area (Å²) in [4.78, 5) is 9.10. The number of pyridine rings is 1. The Bertz CT molecular complexity index is 735. The van der Waals surface area contributed by atoms with E-state index in [1.165, 1.54) is 43.5 Å². The van der Waals surface area contributed by atoms with Crippen LogP contribution < -0.4 is 10.5 Å². The molecule has 2 aliphatic rings. The number of ether oxygens (including phenoxy) is 1. The van der Waals surface area contributed by atoms with Crippen LogP contribution in [0.25, 0.3) is 0 Å². The van der Waals surface area contributed by atoms with Gasteiger partial charge in [0.1, 0.15) is 17.7 Å². The number of nitrogens with zero attached hydrogens (tertiary/aromatic N) is 3. The minimum absolute atomic E-state index is 0.312. The van der Waals surface area contributed by atoms with Crippen molar-refractivity contribution in [3.63, 3.8) is 0 Å². The summed E-state index contributed by atoms with van der Waals surface area (Å²) in [6, 6.07) is 12.8. The summed E-state index contributed by atoms with van der Waals surface area (Å²) < 4.78 is 6.25. The molecular weight excluding hydrogens is 348 g/mol. The molecule has 2 aliphatic heterocycles. The van der Waals surface area contributed by atoms with Crippen molar-refractivity contribution in [2.75, 3.05) is 31.9 Å². The summed E-state index contributed by atoms with van der Waals surface area (Å²) in [7, 11) is 0. The third kappa shape index (κ3) is 5.46. The van der Waals surface area contributed by atoms with Gasteiger partial charge in [-0.2, -0.15) is 0 Å². The molecule has 28 heavy (non-hydrogen) atoms. The SMILES string of the molecule is Nc1cc(CN2CCC(Oc3ccc(CN4CCCCC4)cc3)CC2)ccn1. The van der Waals surface area contributed by atoms with Crippen molar-refractivity contribution in [1.29, 1.82) is 0 Å². The van der Waals surface area contributed by atoms with Crippen LogP contribution in [0, 0.1) is 0 Å². The molecular formula is C23H32N4O. The van der Waals surface area contributed by atoms with Gasteiger partial charge in [-0.05, 0) is 74.2 Å². The van der Waals surface area contributed by atoms with E-state index in [0.29, 0.717) is 11.9 Å². The zero-order chi connectivity index (χ0) is 19.2. The first-order valence-electron chi connectivity index (χ1n) is 10.7. The molecule has 0 spiro atoms. The number of rotatable bonds is 6. The van der Waals surface area contributed by atoms with Gasteiger partial charge >= 0.3 is 0 Å². The van der Waals surface area contributed by atoms with Crippen LogP contribution in [0.2, 0.25) is 0 Å². The van der Waals surface area contributed by atoms with Gasteiger partial charge in [0.2, 0.25) is 0 Å². The van der Waals surface area contributed by atoms with E-state index < -0.39 is 0 Å². The molecule has 0 aliphatic carbocycles. The van der Waals surface area contributed by atoms with Gasteiger partial charge in [-0.1, -0.05) is 18.6 Å². The number of hydrogen-bond acceptors (Lipinski definition) is 5. The largest absolute Gasteiger partial charge is 0.490 e. The fourth-order valence-electron chi connectivity index (χ4n) is 4.28. The number of nitrogen functional groups attached to an aromatic ring is 1. The Labute approximate surface area is 168 Å². The van der Waals surface area contributed by atoms with Gasteiger partial charge in [0, 0.05) is 32.4 Å². The van der Waals surface area contributed by atoms with Gasteiger partial charge in [0.25, 0.3) is 0 Å². The number of anilines is 1. The van der Waals surface area contributed by atoms with Crippen LogP contribution in [0.15, 0.2) is 42.6 Å². The second-order valence-corrected chi connectivity index (χ2v) is 8.16. The average molecular weight is 381 g/mol. The van der Waals surface area contributed by atoms with Gasteiger partial charge in [-0.3, -0.25) is 9.80 Å². The molecule has 1 aromatic heterocycles. The fourth-order valence-corrected chi connectivity index (χ4v) is 4.28. The molecule has 3 heterocycles. The maximum atomic E-state index is 6.25. The highest BCUT2D eigenvalue weighted by Gasteiger charge is 2.20. The molecule has 0 radical (unpaired) electrons. The van der Waals surface area contributed by atoms with E-state index >= 15 is 0 Å². The smallest absolute Gasteiger partial charge is 0.123 e. The molecule has 4 rings (SSSR count). The molecule has 2 fully saturated rings. The molecule has 150 valence electrons. The van der Waals surface area contributed by atoms with Crippen molar-refractivity contribution >= 4 is 5.82 Å². The van der Waals surface area contributed by atoms with Crippen LogP contribution in [0.1, 0.15) is 43.2 Å². The number of benzene rings is 1. The summed E-state index contributed by atoms with van der Waals surface area (Å²) in [6.07, 6.45) is 8.30. The lowest BCUT2D eigenvalue weighted by Crippen LogP contribution is -2.37. The van der Waals surface area contributed by atoms with Gasteiger partial charge in [-0.25, -0.2) is 4.98 Å². The van der Waals surface area contributed by atoms with Crippen molar-refractivity contribution in [2.24, 2.45) is 0 Å². The second-order valence-electron chi connectivity index (χ2n) is 8.16. The van der Waals surface area contributed by atoms with E-state index in [2.05, 4.69) is 39.0 Å². The van der Waals surface area contributed by atoms with Crippen LogP contribution in [0.4, 0.5) is 5.82 Å². The Kier molecular flexibility index (Phi) is 6.45. The lowest BCUT2D eigenvalue weighted by molar-refractivity contribution is 0.0967. The van der Waals surface area contributed by atoms with Crippen LogP contribution in [-0.4, -0.2) is 47.1 Å². The van der Waals surface area contributed by atoms with Crippen molar-refractivity contribution in [3.8, 4) is 5.75 Å². The predicted octanol–water partition coefficient (Wildman–Crippen LogP) is 3.69. The summed E-state index contributed by atoms with van der Waals surface area (Å²) in [5.74, 6) is 1.60. The Morgan fingerprint density at radius 1 is 0.857 bits per heavy atom. The second kappa shape index (κ2) is 9.39. The highest BCUT2D eigenvalue weighted by molar-refractivity contribution is 5.31. The van der Waals surface area contributed by atoms with Crippen LogP contribution in [0.5, 0.6) is 5.75 Å². The molecule has 5 heteroatoms. The monoisotopic (exact) mass is 380 g/mol. The zero-order valence-corrected chi connectivity index (χ0v) is 16.7. The molecule has 0 bridgehead atoms. The molecule has 0 saturated carbocycles. The van der Waals surface area contributed by atoms with Gasteiger partial charge < -0.3 is 10.5 Å². The Hall–Kier alpha value is -2.11. The maximum absolute atomic E-state index is 6.25. The first-order valence-corrected chi connectivity index (χ1v) is 10.7. The summed E-state index contributed by atoms with van der Waals surface area (Å²) in [5.41, 5.74) is 8.40. The standard InChI is InChI=1S/C23H32N4O/c24-23-16-20(8-11-25-23)18-27-14-9-22(10-15-27)28-21-6-4-19(5-7-21)17-26-12-2-1-3-13-26/h4-8,11,16,22H,1-3,9-10,12-15,17-18H2,(H2,24,25). The van der Waals surface area contributed by atoms with Crippen LogP contribution in [0.3, 0.4) is 0 Å². The molecule has 0 atom stereocenters. The van der Waals surface area contributed by atoms with E-state index in [1.807, 2.05) is 12.1 Å². The molecule has 2 aromatic rings. The van der Waals surface area contributed by atoms with E-state index in [4.69, 9.17) is 10.5 Å². The quantitative estimate of drug-likeness (QED) is 0.828. The third-order valence-electron chi connectivity index (χ3n) is 5.87. The normalized spacial score (nSPS) is 19.6. The van der Waals surface area contributed by atoms with Gasteiger partial charge in [-0.15, -0.1) is 0 Å². The van der Waals surface area contributed by atoms with E-state index in [-0.39, 0.29) is 0 Å². The highest BCUT2D eigenvalue weighted by Crippen LogP contribution is 2.22. The molecule has 0 amide bonds. The molecule has 0 unspecified atom stereocenters. The Balaban J connectivity index is 1.22. The minimum Gasteiger partial charge on any atom is -0.490 e. The van der Waals surface area contributed by atoms with Crippen LogP contribution >= 0.6 is 0 Å². The summed E-state index contributed by atoms with van der Waals surface area (Å²) in [5, 5.41) is 0. The number of likely N-dealkylation sites (tertiary alicyclic amines) is 2. The van der Waals surface area contributed by atoms with Crippen molar-refractivity contribution in [1.82, 2.24) is 14.8 Å². The fraction of sp³-hybridized carbons (Fsp3) is 0.522. The summed E-state index contributed by atoms with van der Waals surface area (Å²) in [6.45, 7) is 6.59. The van der Waals surface area contributed by atoms with E-state index in [9.17, 15) is 0 Å². The molecule has 2 N–H and O–H groups in total. The number of hydrogen-bond donors (Lipinski definition) is 1. The molecule has 1 aromatic carbocycles. The number of piperidine rings is 2. The summed E-state index contributed by atoms with van der Waals surface area (Å²) >= 11 is 0. The van der Waals surface area contributed by atoms with Crippen molar-refractivity contribution in [3.05, 3.63) is 53.7 Å². The van der Waals surface area contributed by atoms with Gasteiger partial charge in [0.15, 0.2) is 0 Å². The lowest BCUT2D eigenvalue weighted by Gasteiger charge is -2.32. The maximum Gasteiger partial charge on any atom is 0.123 e. The van der Waals surface area contributed by atoms with E-state index in [1.54, 1.807) is 6.20 Å². The van der Waals surface area contributed by atoms with Crippen molar-refractivity contribution < 1.29 is 4.74 Å². The molecule has 2 saturated heterocycles. The van der Waals surface area contributed by atoms with Crippen LogP contribution in [-0.2, 0) is 13.1 Å². The van der Waals surface area contributed by atoms with E-state index in [0.717, 1.165) is 44.8 Å². The minimum atomic E-state index is 0.312. The van der Waals surface area contributed by atoms with Gasteiger partial charge in [0.05, 0.1) is 0 Å². The predicted molar refractivity (Wildman–Crippen MR) is 113 cm³/mol. The molecule has 5 nitrogen and oxygen atoms in total. The topological polar surface area (TPSA) is 54.6 Å². The average Bonchev–Trinajstić information content (AvgIpc) is 2.72. The third-order valence-corrected chi connectivity index (χ3v) is 5.87. The Morgan fingerprint density at radius 3 is 2.25 bits per heavy atom. The highest BCUT2D eigenvalue weighted by atomic mass is 16.5. The Morgan fingerprint density at radius 2 is 1.54 bits per heavy atom. The first kappa shape index (κ1) is 19.2. The number of nitrogens with two attached hydrogens (primary N) is 1. The number of aromatic nitrogens is 1.